The third kappa shape index (κ3) is 4.52. The largest absolute Gasteiger partial charge is 0.492 e. The predicted molar refractivity (Wildman–Crippen MR) is 87.2 cm³/mol. The van der Waals surface area contributed by atoms with Crippen molar-refractivity contribution in [3.05, 3.63) is 28.8 Å². The van der Waals surface area contributed by atoms with Crippen molar-refractivity contribution in [2.45, 2.75) is 39.4 Å². The summed E-state index contributed by atoms with van der Waals surface area (Å²) < 4.78 is 5.69. The normalized spacial score (nSPS) is 23.2. The number of benzene rings is 1. The van der Waals surface area contributed by atoms with Crippen molar-refractivity contribution < 1.29 is 4.74 Å². The van der Waals surface area contributed by atoms with E-state index in [1.165, 1.54) is 5.56 Å². The molecule has 2 atom stereocenters. The van der Waals surface area contributed by atoms with Gasteiger partial charge in [-0.1, -0.05) is 23.7 Å². The zero-order valence-electron chi connectivity index (χ0n) is 12.4. The van der Waals surface area contributed by atoms with E-state index in [0.29, 0.717) is 23.7 Å². The number of ether oxygens (including phenoxy) is 1. The van der Waals surface area contributed by atoms with Crippen molar-refractivity contribution in [1.82, 2.24) is 10.2 Å². The van der Waals surface area contributed by atoms with Gasteiger partial charge in [0.25, 0.3) is 0 Å². The highest BCUT2D eigenvalue weighted by molar-refractivity contribution is 6.32. The number of hydrogen-bond donors (Lipinski definition) is 1. The number of hydrogen-bond acceptors (Lipinski definition) is 3. The van der Waals surface area contributed by atoms with Crippen molar-refractivity contribution in [3.63, 3.8) is 0 Å². The predicted octanol–water partition coefficient (Wildman–Crippen LogP) is 3.34. The molecule has 1 aliphatic rings. The molecule has 114 valence electrons. The Morgan fingerprint density at radius 1 is 1.30 bits per heavy atom. The molecular formula is C15H24Cl2N2O. The maximum atomic E-state index is 6.23. The fourth-order valence-electron chi connectivity index (χ4n) is 2.79. The molecule has 20 heavy (non-hydrogen) atoms. The van der Waals surface area contributed by atoms with Gasteiger partial charge in [-0.25, -0.2) is 0 Å². The van der Waals surface area contributed by atoms with Crippen molar-refractivity contribution >= 4 is 24.0 Å². The van der Waals surface area contributed by atoms with Crippen LogP contribution in [0, 0.1) is 0 Å². The van der Waals surface area contributed by atoms with Gasteiger partial charge in [0.1, 0.15) is 5.75 Å². The molecule has 1 saturated heterocycles. The highest BCUT2D eigenvalue weighted by atomic mass is 35.5. The summed E-state index contributed by atoms with van der Waals surface area (Å²) in [4.78, 5) is 2.46. The number of para-hydroxylation sites is 1. The molecule has 0 spiro atoms. The molecule has 1 aliphatic heterocycles. The molecule has 0 amide bonds. The second-order valence-electron chi connectivity index (χ2n) is 5.32. The topological polar surface area (TPSA) is 24.5 Å². The molecule has 0 bridgehead atoms. The van der Waals surface area contributed by atoms with Crippen LogP contribution in [-0.2, 0) is 6.54 Å². The minimum absolute atomic E-state index is 0. The first-order valence-corrected chi connectivity index (χ1v) is 7.36. The van der Waals surface area contributed by atoms with Gasteiger partial charge in [0.05, 0.1) is 11.6 Å². The van der Waals surface area contributed by atoms with Crippen LogP contribution < -0.4 is 10.1 Å². The Balaban J connectivity index is 0.00000200. The van der Waals surface area contributed by atoms with Crippen molar-refractivity contribution in [2.75, 3.05) is 19.7 Å². The molecule has 1 aromatic rings. The monoisotopic (exact) mass is 318 g/mol. The van der Waals surface area contributed by atoms with E-state index in [9.17, 15) is 0 Å². The number of piperazine rings is 1. The van der Waals surface area contributed by atoms with Crippen molar-refractivity contribution in [2.24, 2.45) is 0 Å². The molecular weight excluding hydrogens is 295 g/mol. The Hall–Kier alpha value is -0.480. The van der Waals surface area contributed by atoms with E-state index in [-0.39, 0.29) is 12.4 Å². The van der Waals surface area contributed by atoms with Gasteiger partial charge in [-0.05, 0) is 26.8 Å². The Bertz CT molecular complexity index is 418. The molecule has 1 fully saturated rings. The van der Waals surface area contributed by atoms with Crippen molar-refractivity contribution in [3.8, 4) is 5.75 Å². The van der Waals surface area contributed by atoms with Gasteiger partial charge >= 0.3 is 0 Å². The Kier molecular flexibility index (Phi) is 7.10. The summed E-state index contributed by atoms with van der Waals surface area (Å²) in [5.74, 6) is 0.838. The Morgan fingerprint density at radius 3 is 2.55 bits per heavy atom. The minimum atomic E-state index is 0. The smallest absolute Gasteiger partial charge is 0.142 e. The van der Waals surface area contributed by atoms with E-state index in [4.69, 9.17) is 16.3 Å². The van der Waals surface area contributed by atoms with Gasteiger partial charge in [-0.15, -0.1) is 12.4 Å². The maximum Gasteiger partial charge on any atom is 0.142 e. The average Bonchev–Trinajstić information content (AvgIpc) is 2.32. The van der Waals surface area contributed by atoms with Crippen LogP contribution in [0.2, 0.25) is 5.02 Å². The molecule has 3 nitrogen and oxygen atoms in total. The molecule has 5 heteroatoms. The second-order valence-corrected chi connectivity index (χ2v) is 5.73. The first-order valence-electron chi connectivity index (χ1n) is 6.98. The third-order valence-electron chi connectivity index (χ3n) is 3.36. The van der Waals surface area contributed by atoms with Gasteiger partial charge in [0.2, 0.25) is 0 Å². The summed E-state index contributed by atoms with van der Waals surface area (Å²) in [6.07, 6.45) is 0. The molecule has 2 unspecified atom stereocenters. The van der Waals surface area contributed by atoms with Crippen LogP contribution in [0.3, 0.4) is 0 Å². The lowest BCUT2D eigenvalue weighted by atomic mass is 10.1. The molecule has 1 N–H and O–H groups in total. The average molecular weight is 319 g/mol. The van der Waals surface area contributed by atoms with Crippen molar-refractivity contribution in [1.29, 1.82) is 0 Å². The molecule has 0 saturated carbocycles. The summed E-state index contributed by atoms with van der Waals surface area (Å²) in [5.41, 5.74) is 1.18. The van der Waals surface area contributed by atoms with E-state index in [1.807, 2.05) is 19.1 Å². The van der Waals surface area contributed by atoms with Crippen LogP contribution in [0.25, 0.3) is 0 Å². The molecule has 2 rings (SSSR count). The zero-order chi connectivity index (χ0) is 13.8. The van der Waals surface area contributed by atoms with E-state index < -0.39 is 0 Å². The van der Waals surface area contributed by atoms with Gasteiger partial charge in [0, 0.05) is 37.3 Å². The Labute approximate surface area is 133 Å². The summed E-state index contributed by atoms with van der Waals surface area (Å²) in [5, 5.41) is 4.25. The van der Waals surface area contributed by atoms with E-state index >= 15 is 0 Å². The molecule has 1 aromatic carbocycles. The first kappa shape index (κ1) is 17.6. The van der Waals surface area contributed by atoms with Crippen LogP contribution in [0.15, 0.2) is 18.2 Å². The SMILES string of the molecule is CCOc1c(Cl)cccc1CN1CC(C)NC(C)C1.Cl. The molecule has 0 aliphatic carbocycles. The lowest BCUT2D eigenvalue weighted by molar-refractivity contribution is 0.164. The number of halogens is 2. The van der Waals surface area contributed by atoms with Gasteiger partial charge in [0.15, 0.2) is 0 Å². The molecule has 1 heterocycles. The van der Waals surface area contributed by atoms with Crippen LogP contribution in [0.4, 0.5) is 0 Å². The van der Waals surface area contributed by atoms with E-state index in [1.54, 1.807) is 0 Å². The standard InChI is InChI=1S/C15H23ClN2O.ClH/c1-4-19-15-13(6-5-7-14(15)16)10-18-8-11(2)17-12(3)9-18;/h5-7,11-12,17H,4,8-10H2,1-3H3;1H. The highest BCUT2D eigenvalue weighted by Gasteiger charge is 2.22. The third-order valence-corrected chi connectivity index (χ3v) is 3.66. The zero-order valence-corrected chi connectivity index (χ0v) is 13.9. The van der Waals surface area contributed by atoms with Gasteiger partial charge in [-0.3, -0.25) is 4.90 Å². The van der Waals surface area contributed by atoms with E-state index in [0.717, 1.165) is 25.4 Å². The summed E-state index contributed by atoms with van der Waals surface area (Å²) in [6, 6.07) is 7.04. The first-order chi connectivity index (χ1) is 9.10. The van der Waals surface area contributed by atoms with E-state index in [2.05, 4.69) is 30.1 Å². The molecule has 0 aromatic heterocycles. The quantitative estimate of drug-likeness (QED) is 0.921. The number of rotatable bonds is 4. The van der Waals surface area contributed by atoms with Crippen LogP contribution >= 0.6 is 24.0 Å². The number of nitrogens with zero attached hydrogens (tertiary/aromatic N) is 1. The fourth-order valence-corrected chi connectivity index (χ4v) is 3.04. The number of nitrogens with one attached hydrogen (secondary N) is 1. The Morgan fingerprint density at radius 2 is 1.95 bits per heavy atom. The lowest BCUT2D eigenvalue weighted by Crippen LogP contribution is -2.53. The maximum absolute atomic E-state index is 6.23. The summed E-state index contributed by atoms with van der Waals surface area (Å²) in [6.45, 7) is 10.1. The second kappa shape index (κ2) is 8.08. The molecule has 0 radical (unpaired) electrons. The van der Waals surface area contributed by atoms with Crippen LogP contribution in [0.5, 0.6) is 5.75 Å². The van der Waals surface area contributed by atoms with Gasteiger partial charge in [-0.2, -0.15) is 0 Å². The summed E-state index contributed by atoms with van der Waals surface area (Å²) >= 11 is 6.23. The highest BCUT2D eigenvalue weighted by Crippen LogP contribution is 2.30. The summed E-state index contributed by atoms with van der Waals surface area (Å²) in [7, 11) is 0. The fraction of sp³-hybridized carbons (Fsp3) is 0.600. The van der Waals surface area contributed by atoms with Gasteiger partial charge < -0.3 is 10.1 Å². The lowest BCUT2D eigenvalue weighted by Gasteiger charge is -2.36. The van der Waals surface area contributed by atoms with Crippen LogP contribution in [-0.4, -0.2) is 36.7 Å². The minimum Gasteiger partial charge on any atom is -0.492 e. The van der Waals surface area contributed by atoms with Crippen LogP contribution in [0.1, 0.15) is 26.3 Å².